The first-order valence-corrected chi connectivity index (χ1v) is 9.23. The fourth-order valence-electron chi connectivity index (χ4n) is 3.29. The molecule has 0 aliphatic carbocycles. The summed E-state index contributed by atoms with van der Waals surface area (Å²) >= 11 is 0. The molecule has 1 saturated heterocycles. The maximum Gasteiger partial charge on any atom is 0.253 e. The van der Waals surface area contributed by atoms with Gasteiger partial charge in [-0.3, -0.25) is 4.79 Å². The van der Waals surface area contributed by atoms with Gasteiger partial charge in [0, 0.05) is 37.3 Å². The average molecular weight is 372 g/mol. The van der Waals surface area contributed by atoms with Gasteiger partial charge in [0.1, 0.15) is 6.07 Å². The number of anilines is 1. The first-order chi connectivity index (χ1) is 13.7. The summed E-state index contributed by atoms with van der Waals surface area (Å²) in [6, 6.07) is 19.3. The van der Waals surface area contributed by atoms with E-state index in [2.05, 4.69) is 11.1 Å². The van der Waals surface area contributed by atoms with Gasteiger partial charge in [-0.25, -0.2) is 0 Å². The number of carbonyl (C=O) groups is 1. The van der Waals surface area contributed by atoms with E-state index in [1.54, 1.807) is 0 Å². The summed E-state index contributed by atoms with van der Waals surface area (Å²) in [5.74, 6) is 0.941. The number of amides is 1. The summed E-state index contributed by atoms with van der Waals surface area (Å²) in [6.07, 6.45) is 0. The fraction of sp³-hybridized carbons (Fsp3) is 0.227. The van der Waals surface area contributed by atoms with E-state index >= 15 is 0 Å². The molecule has 1 fully saturated rings. The lowest BCUT2D eigenvalue weighted by Crippen LogP contribution is -2.48. The van der Waals surface area contributed by atoms with Crippen molar-refractivity contribution in [1.82, 2.24) is 9.88 Å². The Balaban J connectivity index is 1.48. The average Bonchev–Trinajstić information content (AvgIpc) is 3.19. The Labute approximate surface area is 163 Å². The second-order valence-corrected chi connectivity index (χ2v) is 6.80. The van der Waals surface area contributed by atoms with Crippen LogP contribution in [0.25, 0.3) is 11.5 Å². The highest BCUT2D eigenvalue weighted by molar-refractivity contribution is 5.94. The molecule has 1 aliphatic heterocycles. The van der Waals surface area contributed by atoms with Gasteiger partial charge in [-0.15, -0.1) is 0 Å². The minimum Gasteiger partial charge on any atom is -0.419 e. The SMILES string of the molecule is Cc1ccc(C(=O)N2CCN(c3oc(-c4ccccc4)nc3C#N)CC2)cc1. The van der Waals surface area contributed by atoms with Gasteiger partial charge in [-0.2, -0.15) is 10.2 Å². The van der Waals surface area contributed by atoms with E-state index in [1.807, 2.05) is 71.3 Å². The van der Waals surface area contributed by atoms with Crippen LogP contribution in [0.4, 0.5) is 5.88 Å². The van der Waals surface area contributed by atoms with Crippen LogP contribution in [0.2, 0.25) is 0 Å². The van der Waals surface area contributed by atoms with E-state index < -0.39 is 0 Å². The van der Waals surface area contributed by atoms with Gasteiger partial charge in [0.2, 0.25) is 17.5 Å². The van der Waals surface area contributed by atoms with Crippen molar-refractivity contribution in [2.45, 2.75) is 6.92 Å². The number of hydrogen-bond donors (Lipinski definition) is 0. The smallest absolute Gasteiger partial charge is 0.253 e. The zero-order chi connectivity index (χ0) is 19.5. The molecule has 2 heterocycles. The van der Waals surface area contributed by atoms with Crippen LogP contribution in [0.5, 0.6) is 0 Å². The van der Waals surface area contributed by atoms with Crippen LogP contribution in [0.15, 0.2) is 59.0 Å². The van der Waals surface area contributed by atoms with Gasteiger partial charge >= 0.3 is 0 Å². The van der Waals surface area contributed by atoms with E-state index in [1.165, 1.54) is 0 Å². The molecule has 0 bridgehead atoms. The monoisotopic (exact) mass is 372 g/mol. The second-order valence-electron chi connectivity index (χ2n) is 6.80. The molecule has 0 saturated carbocycles. The largest absolute Gasteiger partial charge is 0.419 e. The Morgan fingerprint density at radius 1 is 1.04 bits per heavy atom. The lowest BCUT2D eigenvalue weighted by molar-refractivity contribution is 0.0745. The molecule has 1 aliphatic rings. The molecule has 1 aromatic heterocycles. The van der Waals surface area contributed by atoms with Crippen LogP contribution >= 0.6 is 0 Å². The van der Waals surface area contributed by atoms with E-state index in [9.17, 15) is 10.1 Å². The summed E-state index contributed by atoms with van der Waals surface area (Å²) in [7, 11) is 0. The maximum atomic E-state index is 12.7. The highest BCUT2D eigenvalue weighted by atomic mass is 16.4. The Kier molecular flexibility index (Phi) is 4.81. The van der Waals surface area contributed by atoms with Crippen LogP contribution in [0.1, 0.15) is 21.6 Å². The summed E-state index contributed by atoms with van der Waals surface area (Å²) in [4.78, 5) is 20.8. The topological polar surface area (TPSA) is 73.4 Å². The minimum absolute atomic E-state index is 0.0303. The molecule has 140 valence electrons. The van der Waals surface area contributed by atoms with Crippen molar-refractivity contribution in [1.29, 1.82) is 5.26 Å². The normalized spacial score (nSPS) is 14.0. The Morgan fingerprint density at radius 2 is 1.71 bits per heavy atom. The summed E-state index contributed by atoms with van der Waals surface area (Å²) < 4.78 is 5.91. The third kappa shape index (κ3) is 3.47. The molecular weight excluding hydrogens is 352 g/mol. The number of nitrogens with zero attached hydrogens (tertiary/aromatic N) is 4. The highest BCUT2D eigenvalue weighted by Gasteiger charge is 2.27. The number of aromatic nitrogens is 1. The van der Waals surface area contributed by atoms with Crippen molar-refractivity contribution in [3.8, 4) is 17.5 Å². The molecule has 2 aromatic carbocycles. The van der Waals surface area contributed by atoms with Gasteiger partial charge in [-0.05, 0) is 31.2 Å². The number of hydrogen-bond acceptors (Lipinski definition) is 5. The number of aryl methyl sites for hydroxylation is 1. The summed E-state index contributed by atoms with van der Waals surface area (Å²) in [5.41, 5.74) is 2.93. The molecule has 3 aromatic rings. The lowest BCUT2D eigenvalue weighted by Gasteiger charge is -2.34. The van der Waals surface area contributed by atoms with Crippen molar-refractivity contribution in [2.75, 3.05) is 31.1 Å². The molecule has 6 heteroatoms. The lowest BCUT2D eigenvalue weighted by atomic mass is 10.1. The van der Waals surface area contributed by atoms with Gasteiger partial charge in [-0.1, -0.05) is 35.9 Å². The van der Waals surface area contributed by atoms with Crippen molar-refractivity contribution in [3.05, 3.63) is 71.4 Å². The first-order valence-electron chi connectivity index (χ1n) is 9.23. The molecule has 28 heavy (non-hydrogen) atoms. The second kappa shape index (κ2) is 7.57. The predicted octanol–water partition coefficient (Wildman–Crippen LogP) is 3.48. The van der Waals surface area contributed by atoms with Crippen molar-refractivity contribution < 1.29 is 9.21 Å². The maximum absolute atomic E-state index is 12.7. The summed E-state index contributed by atoms with van der Waals surface area (Å²) in [6.45, 7) is 4.32. The fourth-order valence-corrected chi connectivity index (χ4v) is 3.29. The standard InChI is InChI=1S/C22H20N4O2/c1-16-7-9-18(10-8-16)21(27)25-11-13-26(14-12-25)22-19(15-23)24-20(28-22)17-5-3-2-4-6-17/h2-10H,11-14H2,1H3. The molecule has 1 amide bonds. The third-order valence-corrected chi connectivity index (χ3v) is 4.89. The molecule has 0 N–H and O–H groups in total. The minimum atomic E-state index is 0.0303. The Hall–Kier alpha value is -3.59. The summed E-state index contributed by atoms with van der Waals surface area (Å²) in [5, 5.41) is 9.46. The first kappa shape index (κ1) is 17.8. The third-order valence-electron chi connectivity index (χ3n) is 4.89. The van der Waals surface area contributed by atoms with Crippen LogP contribution < -0.4 is 4.90 Å². The molecule has 0 radical (unpaired) electrons. The van der Waals surface area contributed by atoms with Crippen LogP contribution in [-0.2, 0) is 0 Å². The zero-order valence-corrected chi connectivity index (χ0v) is 15.6. The number of carbonyl (C=O) groups excluding carboxylic acids is 1. The van der Waals surface area contributed by atoms with Crippen molar-refractivity contribution in [2.24, 2.45) is 0 Å². The molecule has 6 nitrogen and oxygen atoms in total. The molecule has 0 spiro atoms. The number of oxazole rings is 1. The predicted molar refractivity (Wildman–Crippen MR) is 106 cm³/mol. The molecular formula is C22H20N4O2. The number of nitriles is 1. The zero-order valence-electron chi connectivity index (χ0n) is 15.6. The number of rotatable bonds is 3. The van der Waals surface area contributed by atoms with E-state index in [4.69, 9.17) is 4.42 Å². The highest BCUT2D eigenvalue weighted by Crippen LogP contribution is 2.28. The Morgan fingerprint density at radius 3 is 2.36 bits per heavy atom. The molecule has 4 rings (SSSR count). The van der Waals surface area contributed by atoms with Crippen molar-refractivity contribution >= 4 is 11.8 Å². The van der Waals surface area contributed by atoms with E-state index in [-0.39, 0.29) is 11.6 Å². The van der Waals surface area contributed by atoms with Crippen molar-refractivity contribution in [3.63, 3.8) is 0 Å². The quantitative estimate of drug-likeness (QED) is 0.704. The molecule has 0 unspecified atom stereocenters. The van der Waals surface area contributed by atoms with Crippen LogP contribution in [0, 0.1) is 18.3 Å². The van der Waals surface area contributed by atoms with Crippen LogP contribution in [0.3, 0.4) is 0 Å². The van der Waals surface area contributed by atoms with Crippen LogP contribution in [-0.4, -0.2) is 42.0 Å². The van der Waals surface area contributed by atoms with Gasteiger partial charge in [0.25, 0.3) is 5.91 Å². The number of piperazine rings is 1. The van der Waals surface area contributed by atoms with E-state index in [0.29, 0.717) is 43.5 Å². The van der Waals surface area contributed by atoms with Gasteiger partial charge in [0.05, 0.1) is 0 Å². The van der Waals surface area contributed by atoms with Gasteiger partial charge < -0.3 is 14.2 Å². The number of benzene rings is 2. The van der Waals surface area contributed by atoms with Gasteiger partial charge in [0.15, 0.2) is 0 Å². The van der Waals surface area contributed by atoms with E-state index in [0.717, 1.165) is 11.1 Å². The Bertz CT molecular complexity index is 1010. The molecule has 0 atom stereocenters.